The number of nitrogen functional groups attached to an aromatic ring is 1. The number of hydrogen-bond acceptors (Lipinski definition) is 7. The molecule has 0 spiro atoms. The molecule has 0 bridgehead atoms. The molecule has 11 heteroatoms. The van der Waals surface area contributed by atoms with Gasteiger partial charge in [0.15, 0.2) is 8.32 Å². The molecule has 1 aromatic carbocycles. The number of nitrogens with zero attached hydrogens (tertiary/aromatic N) is 2. The molecule has 38 heavy (non-hydrogen) atoms. The molecule has 2 heterocycles. The summed E-state index contributed by atoms with van der Waals surface area (Å²) in [6.07, 6.45) is -0.178. The lowest BCUT2D eigenvalue weighted by atomic mass is 9.82. The minimum atomic E-state index is -4.49. The number of rotatable bonds is 6. The SMILES string of the molecule is C[C@@H](Nc1ncnc2sc(C3(O)CCC(O[Si](C)(C)C(C)(C)C)CC3)cc12)c1cc(N)cc(C(F)(F)F)c1. The second-order valence-electron chi connectivity index (χ2n) is 11.9. The van der Waals surface area contributed by atoms with Gasteiger partial charge in [0.2, 0.25) is 0 Å². The van der Waals surface area contributed by atoms with Gasteiger partial charge in [-0.15, -0.1) is 11.3 Å². The zero-order chi connectivity index (χ0) is 28.1. The summed E-state index contributed by atoms with van der Waals surface area (Å²) in [5, 5.41) is 15.7. The van der Waals surface area contributed by atoms with Crippen LogP contribution in [0.1, 0.15) is 75.4 Å². The molecular weight excluding hydrogens is 529 g/mol. The third-order valence-corrected chi connectivity index (χ3v) is 13.7. The Kier molecular flexibility index (Phi) is 7.63. The number of hydrogen-bond donors (Lipinski definition) is 3. The Bertz CT molecular complexity index is 1300. The van der Waals surface area contributed by atoms with Gasteiger partial charge in [0.1, 0.15) is 17.0 Å². The summed E-state index contributed by atoms with van der Waals surface area (Å²) >= 11 is 1.42. The summed E-state index contributed by atoms with van der Waals surface area (Å²) in [5.74, 6) is 0.500. The molecule has 0 amide bonds. The van der Waals surface area contributed by atoms with Gasteiger partial charge in [-0.2, -0.15) is 13.2 Å². The normalized spacial score (nSPS) is 22.0. The molecule has 1 atom stereocenters. The van der Waals surface area contributed by atoms with Crippen molar-refractivity contribution in [2.75, 3.05) is 11.1 Å². The Morgan fingerprint density at radius 2 is 1.79 bits per heavy atom. The van der Waals surface area contributed by atoms with Crippen LogP contribution in [0.2, 0.25) is 18.1 Å². The van der Waals surface area contributed by atoms with Crippen molar-refractivity contribution in [3.05, 3.63) is 46.6 Å². The van der Waals surface area contributed by atoms with Crippen LogP contribution in [0, 0.1) is 0 Å². The number of aliphatic hydroxyl groups is 1. The van der Waals surface area contributed by atoms with Crippen molar-refractivity contribution in [3.8, 4) is 0 Å². The predicted octanol–water partition coefficient (Wildman–Crippen LogP) is 7.62. The average molecular weight is 567 g/mol. The Balaban J connectivity index is 1.52. The Labute approximate surface area is 227 Å². The molecule has 0 radical (unpaired) electrons. The zero-order valence-electron chi connectivity index (χ0n) is 22.7. The first-order valence-electron chi connectivity index (χ1n) is 12.9. The number of aromatic nitrogens is 2. The lowest BCUT2D eigenvalue weighted by molar-refractivity contribution is -0.137. The maximum absolute atomic E-state index is 13.3. The second-order valence-corrected chi connectivity index (χ2v) is 17.7. The Morgan fingerprint density at radius 3 is 2.39 bits per heavy atom. The summed E-state index contributed by atoms with van der Waals surface area (Å²) in [7, 11) is -1.89. The van der Waals surface area contributed by atoms with Crippen molar-refractivity contribution < 1.29 is 22.7 Å². The van der Waals surface area contributed by atoms with Gasteiger partial charge in [-0.3, -0.25) is 0 Å². The fourth-order valence-electron chi connectivity index (χ4n) is 4.61. The summed E-state index contributed by atoms with van der Waals surface area (Å²) in [6, 6.07) is 4.96. The molecule has 4 rings (SSSR count). The van der Waals surface area contributed by atoms with Crippen molar-refractivity contribution in [3.63, 3.8) is 0 Å². The van der Waals surface area contributed by atoms with Crippen molar-refractivity contribution in [1.29, 1.82) is 0 Å². The maximum atomic E-state index is 13.3. The highest BCUT2D eigenvalue weighted by Crippen LogP contribution is 2.46. The molecule has 1 saturated carbocycles. The van der Waals surface area contributed by atoms with Crippen LogP contribution in [0.3, 0.4) is 0 Å². The minimum Gasteiger partial charge on any atom is -0.414 e. The van der Waals surface area contributed by atoms with Crippen molar-refractivity contribution in [1.82, 2.24) is 9.97 Å². The molecule has 1 aliphatic rings. The van der Waals surface area contributed by atoms with E-state index in [0.29, 0.717) is 29.1 Å². The summed E-state index contributed by atoms with van der Waals surface area (Å²) < 4.78 is 46.5. The van der Waals surface area contributed by atoms with E-state index >= 15 is 0 Å². The molecule has 3 aromatic rings. The number of fused-ring (bicyclic) bond motifs is 1. The van der Waals surface area contributed by atoms with Gasteiger partial charge in [-0.25, -0.2) is 9.97 Å². The highest BCUT2D eigenvalue weighted by atomic mass is 32.1. The van der Waals surface area contributed by atoms with E-state index in [2.05, 4.69) is 49.1 Å². The third-order valence-electron chi connectivity index (χ3n) is 7.97. The van der Waals surface area contributed by atoms with Crippen LogP contribution in [0.15, 0.2) is 30.6 Å². The van der Waals surface area contributed by atoms with E-state index in [1.165, 1.54) is 23.7 Å². The summed E-state index contributed by atoms with van der Waals surface area (Å²) in [5.41, 5.74) is 4.44. The van der Waals surface area contributed by atoms with Gasteiger partial charge in [0.25, 0.3) is 0 Å². The van der Waals surface area contributed by atoms with E-state index in [-0.39, 0.29) is 16.8 Å². The number of nitrogens with one attached hydrogen (secondary N) is 1. The fraction of sp³-hybridized carbons (Fsp3) is 0.556. The fourth-order valence-corrected chi connectivity index (χ4v) is 7.17. The monoisotopic (exact) mass is 566 g/mol. The predicted molar refractivity (Wildman–Crippen MR) is 150 cm³/mol. The standard InChI is InChI=1S/C27H37F3N4O2SSi/c1-16(17-11-18(27(28,29)30)13-19(31)12-17)34-23-21-14-22(37-24(21)33-15-32-23)26(35)9-7-20(8-10-26)36-38(5,6)25(2,3)4/h11-16,20,35H,7-10,31H2,1-6H3,(H,32,33,34)/t16-,20?,26?/m1/s1. The number of anilines is 2. The first-order valence-corrected chi connectivity index (χ1v) is 16.6. The van der Waals surface area contributed by atoms with Gasteiger partial charge < -0.3 is 20.6 Å². The molecular formula is C27H37F3N4O2SSi. The van der Waals surface area contributed by atoms with Crippen LogP contribution < -0.4 is 11.1 Å². The molecule has 6 nitrogen and oxygen atoms in total. The van der Waals surface area contributed by atoms with E-state index in [1.807, 2.05) is 6.07 Å². The Morgan fingerprint density at radius 1 is 1.13 bits per heavy atom. The summed E-state index contributed by atoms with van der Waals surface area (Å²) in [4.78, 5) is 10.3. The van der Waals surface area contributed by atoms with Crippen LogP contribution in [0.25, 0.3) is 10.2 Å². The number of halogens is 3. The van der Waals surface area contributed by atoms with E-state index < -0.39 is 31.7 Å². The van der Waals surface area contributed by atoms with Crippen LogP contribution >= 0.6 is 11.3 Å². The van der Waals surface area contributed by atoms with E-state index in [0.717, 1.165) is 35.2 Å². The number of thiophene rings is 1. The molecule has 0 unspecified atom stereocenters. The molecule has 208 valence electrons. The molecule has 2 aromatic heterocycles. The molecule has 0 saturated heterocycles. The average Bonchev–Trinajstić information content (AvgIpc) is 3.25. The Hall–Kier alpha value is -2.21. The molecule has 1 aliphatic carbocycles. The first kappa shape index (κ1) is 28.8. The summed E-state index contributed by atoms with van der Waals surface area (Å²) in [6.45, 7) is 12.9. The quantitative estimate of drug-likeness (QED) is 0.210. The lowest BCUT2D eigenvalue weighted by Crippen LogP contribution is -2.46. The van der Waals surface area contributed by atoms with Gasteiger partial charge in [0.05, 0.1) is 22.6 Å². The van der Waals surface area contributed by atoms with Gasteiger partial charge in [-0.05, 0) is 80.6 Å². The molecule has 4 N–H and O–H groups in total. The van der Waals surface area contributed by atoms with Crippen LogP contribution in [-0.2, 0) is 16.2 Å². The van der Waals surface area contributed by atoms with Gasteiger partial charge in [0, 0.05) is 16.7 Å². The number of nitrogens with two attached hydrogens (primary N) is 1. The van der Waals surface area contributed by atoms with Crippen LogP contribution in [-0.4, -0.2) is 29.5 Å². The highest BCUT2D eigenvalue weighted by molar-refractivity contribution is 7.18. The smallest absolute Gasteiger partial charge is 0.414 e. The highest BCUT2D eigenvalue weighted by Gasteiger charge is 2.43. The lowest BCUT2D eigenvalue weighted by Gasteiger charge is -2.43. The van der Waals surface area contributed by atoms with E-state index in [4.69, 9.17) is 10.2 Å². The van der Waals surface area contributed by atoms with Crippen molar-refractivity contribution >= 4 is 41.4 Å². The maximum Gasteiger partial charge on any atom is 0.416 e. The van der Waals surface area contributed by atoms with Gasteiger partial charge in [-0.1, -0.05) is 20.8 Å². The minimum absolute atomic E-state index is 0.0458. The zero-order valence-corrected chi connectivity index (χ0v) is 24.6. The van der Waals surface area contributed by atoms with E-state index in [1.54, 1.807) is 6.92 Å². The number of alkyl halides is 3. The first-order chi connectivity index (χ1) is 17.5. The topological polar surface area (TPSA) is 93.3 Å². The van der Waals surface area contributed by atoms with Crippen molar-refractivity contribution in [2.24, 2.45) is 0 Å². The molecule has 1 fully saturated rings. The second kappa shape index (κ2) is 10.1. The van der Waals surface area contributed by atoms with Crippen LogP contribution in [0.5, 0.6) is 0 Å². The van der Waals surface area contributed by atoms with Crippen LogP contribution in [0.4, 0.5) is 24.7 Å². The largest absolute Gasteiger partial charge is 0.416 e. The van der Waals surface area contributed by atoms with Gasteiger partial charge >= 0.3 is 6.18 Å². The van der Waals surface area contributed by atoms with Crippen molar-refractivity contribution in [2.45, 2.75) is 95.4 Å². The number of benzene rings is 1. The molecule has 0 aliphatic heterocycles. The van der Waals surface area contributed by atoms with E-state index in [9.17, 15) is 18.3 Å². The third kappa shape index (κ3) is 6.00.